The summed E-state index contributed by atoms with van der Waals surface area (Å²) in [6.07, 6.45) is 6.91. The Morgan fingerprint density at radius 2 is 2.06 bits per heavy atom. The fraction of sp³-hybridized carbons (Fsp3) is 1.00. The predicted molar refractivity (Wildman–Crippen MR) is 74.2 cm³/mol. The van der Waals surface area contributed by atoms with Crippen LogP contribution in [0, 0.1) is 11.8 Å². The van der Waals surface area contributed by atoms with Gasteiger partial charge in [0.05, 0.1) is 0 Å². The normalized spacial score (nSPS) is 41.1. The summed E-state index contributed by atoms with van der Waals surface area (Å²) >= 11 is 0. The Labute approximate surface area is 107 Å². The standard InChI is InChI=1S/C15H30N2/c1-4-14-11-17(9-5-8-16-14)15-7-6-12(2)10-13(15)3/h12-16H,4-11H2,1-3H3. The Kier molecular flexibility index (Phi) is 4.87. The average Bonchev–Trinajstić information content (AvgIpc) is 2.54. The van der Waals surface area contributed by atoms with Crippen LogP contribution in [0.15, 0.2) is 0 Å². The first-order valence-corrected chi connectivity index (χ1v) is 7.68. The summed E-state index contributed by atoms with van der Waals surface area (Å²) in [5.74, 6) is 1.85. The zero-order valence-corrected chi connectivity index (χ0v) is 11.9. The lowest BCUT2D eigenvalue weighted by molar-refractivity contribution is 0.0914. The third-order valence-electron chi connectivity index (χ3n) is 4.86. The third-order valence-corrected chi connectivity index (χ3v) is 4.86. The molecule has 1 saturated heterocycles. The molecule has 1 N–H and O–H groups in total. The monoisotopic (exact) mass is 238 g/mol. The molecule has 1 saturated carbocycles. The predicted octanol–water partition coefficient (Wildman–Crippen LogP) is 2.89. The minimum Gasteiger partial charge on any atom is -0.313 e. The van der Waals surface area contributed by atoms with Gasteiger partial charge in [0.1, 0.15) is 0 Å². The van der Waals surface area contributed by atoms with E-state index in [0.717, 1.165) is 23.9 Å². The molecule has 2 fully saturated rings. The first-order valence-electron chi connectivity index (χ1n) is 7.68. The SMILES string of the molecule is CCC1CN(C2CCC(C)CC2C)CCCN1. The first kappa shape index (κ1) is 13.4. The maximum Gasteiger partial charge on any atom is 0.0192 e. The van der Waals surface area contributed by atoms with Crippen LogP contribution >= 0.6 is 0 Å². The second-order valence-electron chi connectivity index (χ2n) is 6.37. The molecule has 1 aliphatic carbocycles. The molecule has 4 unspecified atom stereocenters. The molecule has 0 aromatic rings. The summed E-state index contributed by atoms with van der Waals surface area (Å²) in [6, 6.07) is 1.59. The Balaban J connectivity index is 1.95. The van der Waals surface area contributed by atoms with Crippen LogP contribution in [0.1, 0.15) is 52.9 Å². The Morgan fingerprint density at radius 1 is 1.24 bits per heavy atom. The van der Waals surface area contributed by atoms with E-state index >= 15 is 0 Å². The molecule has 0 aromatic heterocycles. The van der Waals surface area contributed by atoms with Gasteiger partial charge in [-0.3, -0.25) is 4.90 Å². The molecule has 0 aromatic carbocycles. The molecular weight excluding hydrogens is 208 g/mol. The van der Waals surface area contributed by atoms with Gasteiger partial charge in [-0.1, -0.05) is 20.8 Å². The van der Waals surface area contributed by atoms with E-state index in [-0.39, 0.29) is 0 Å². The highest BCUT2D eigenvalue weighted by molar-refractivity contribution is 4.87. The lowest BCUT2D eigenvalue weighted by Gasteiger charge is -2.41. The molecule has 0 bridgehead atoms. The summed E-state index contributed by atoms with van der Waals surface area (Å²) < 4.78 is 0. The number of hydrogen-bond donors (Lipinski definition) is 1. The highest BCUT2D eigenvalue weighted by Gasteiger charge is 2.31. The van der Waals surface area contributed by atoms with Crippen LogP contribution in [-0.2, 0) is 0 Å². The minimum absolute atomic E-state index is 0.726. The smallest absolute Gasteiger partial charge is 0.0192 e. The quantitative estimate of drug-likeness (QED) is 0.796. The van der Waals surface area contributed by atoms with E-state index < -0.39 is 0 Å². The Bertz CT molecular complexity index is 229. The second-order valence-corrected chi connectivity index (χ2v) is 6.37. The lowest BCUT2D eigenvalue weighted by atomic mass is 9.79. The molecule has 2 nitrogen and oxygen atoms in total. The van der Waals surface area contributed by atoms with Gasteiger partial charge in [-0.2, -0.15) is 0 Å². The van der Waals surface area contributed by atoms with Crippen molar-refractivity contribution in [3.63, 3.8) is 0 Å². The summed E-state index contributed by atoms with van der Waals surface area (Å²) in [5.41, 5.74) is 0. The zero-order valence-electron chi connectivity index (χ0n) is 11.9. The number of nitrogens with one attached hydrogen (secondary N) is 1. The molecular formula is C15H30N2. The fourth-order valence-electron chi connectivity index (χ4n) is 3.79. The zero-order chi connectivity index (χ0) is 12.3. The van der Waals surface area contributed by atoms with Crippen LogP contribution in [0.25, 0.3) is 0 Å². The molecule has 4 atom stereocenters. The number of rotatable bonds is 2. The van der Waals surface area contributed by atoms with Crippen molar-refractivity contribution in [3.8, 4) is 0 Å². The Hall–Kier alpha value is -0.0800. The van der Waals surface area contributed by atoms with Gasteiger partial charge in [0.2, 0.25) is 0 Å². The van der Waals surface area contributed by atoms with E-state index in [2.05, 4.69) is 31.0 Å². The van der Waals surface area contributed by atoms with Gasteiger partial charge in [0, 0.05) is 18.6 Å². The third kappa shape index (κ3) is 3.45. The highest BCUT2D eigenvalue weighted by Crippen LogP contribution is 2.32. The van der Waals surface area contributed by atoms with Gasteiger partial charge < -0.3 is 5.32 Å². The van der Waals surface area contributed by atoms with Crippen LogP contribution < -0.4 is 5.32 Å². The van der Waals surface area contributed by atoms with Crippen molar-refractivity contribution in [1.29, 1.82) is 0 Å². The largest absolute Gasteiger partial charge is 0.313 e. The molecule has 100 valence electrons. The minimum atomic E-state index is 0.726. The molecule has 1 aliphatic heterocycles. The van der Waals surface area contributed by atoms with Gasteiger partial charge >= 0.3 is 0 Å². The van der Waals surface area contributed by atoms with Crippen molar-refractivity contribution in [1.82, 2.24) is 10.2 Å². The highest BCUT2D eigenvalue weighted by atomic mass is 15.2. The summed E-state index contributed by atoms with van der Waals surface area (Å²) in [4.78, 5) is 2.80. The van der Waals surface area contributed by atoms with Gasteiger partial charge in [-0.15, -0.1) is 0 Å². The molecule has 2 aliphatic rings. The van der Waals surface area contributed by atoms with Crippen LogP contribution in [-0.4, -0.2) is 36.6 Å². The summed E-state index contributed by atoms with van der Waals surface area (Å²) in [6.45, 7) is 11.0. The van der Waals surface area contributed by atoms with Crippen molar-refractivity contribution in [3.05, 3.63) is 0 Å². The van der Waals surface area contributed by atoms with Crippen molar-refractivity contribution in [2.45, 2.75) is 65.0 Å². The van der Waals surface area contributed by atoms with Crippen LogP contribution in [0.2, 0.25) is 0 Å². The van der Waals surface area contributed by atoms with Crippen LogP contribution in [0.4, 0.5) is 0 Å². The van der Waals surface area contributed by atoms with Crippen molar-refractivity contribution in [2.75, 3.05) is 19.6 Å². The van der Waals surface area contributed by atoms with E-state index in [0.29, 0.717) is 0 Å². The van der Waals surface area contributed by atoms with Gasteiger partial charge in [0.15, 0.2) is 0 Å². The van der Waals surface area contributed by atoms with E-state index in [4.69, 9.17) is 0 Å². The molecule has 2 rings (SSSR count). The van der Waals surface area contributed by atoms with E-state index in [1.54, 1.807) is 0 Å². The molecule has 17 heavy (non-hydrogen) atoms. The van der Waals surface area contributed by atoms with E-state index in [1.807, 2.05) is 0 Å². The van der Waals surface area contributed by atoms with Crippen molar-refractivity contribution < 1.29 is 0 Å². The average molecular weight is 238 g/mol. The number of nitrogens with zero attached hydrogens (tertiary/aromatic N) is 1. The molecule has 1 heterocycles. The molecule has 0 spiro atoms. The van der Waals surface area contributed by atoms with Gasteiger partial charge in [-0.25, -0.2) is 0 Å². The topological polar surface area (TPSA) is 15.3 Å². The molecule has 0 radical (unpaired) electrons. The molecule has 0 amide bonds. The fourth-order valence-corrected chi connectivity index (χ4v) is 3.79. The number of hydrogen-bond acceptors (Lipinski definition) is 2. The Morgan fingerprint density at radius 3 is 2.76 bits per heavy atom. The van der Waals surface area contributed by atoms with Crippen molar-refractivity contribution >= 4 is 0 Å². The first-order chi connectivity index (χ1) is 8.20. The van der Waals surface area contributed by atoms with Crippen LogP contribution in [0.3, 0.4) is 0 Å². The summed E-state index contributed by atoms with van der Waals surface area (Å²) in [7, 11) is 0. The maximum atomic E-state index is 3.68. The molecule has 2 heteroatoms. The van der Waals surface area contributed by atoms with E-state index in [1.165, 1.54) is 51.7 Å². The maximum absolute atomic E-state index is 3.68. The second kappa shape index (κ2) is 6.19. The van der Waals surface area contributed by atoms with Gasteiger partial charge in [0.25, 0.3) is 0 Å². The summed E-state index contributed by atoms with van der Waals surface area (Å²) in [5, 5.41) is 3.68. The van der Waals surface area contributed by atoms with Crippen molar-refractivity contribution in [2.24, 2.45) is 11.8 Å². The lowest BCUT2D eigenvalue weighted by Crippen LogP contribution is -2.47. The van der Waals surface area contributed by atoms with Crippen LogP contribution in [0.5, 0.6) is 0 Å². The van der Waals surface area contributed by atoms with E-state index in [9.17, 15) is 0 Å². The van der Waals surface area contributed by atoms with Gasteiger partial charge in [-0.05, 0) is 57.0 Å².